The number of hydrogen-bond acceptors (Lipinski definition) is 3. The number of nitriles is 1. The second-order valence-electron chi connectivity index (χ2n) is 3.97. The Bertz CT molecular complexity index is 680. The Morgan fingerprint density at radius 3 is 2.48 bits per heavy atom. The number of anilines is 1. The molecule has 0 fully saturated rings. The number of carboxylic acids is 1. The van der Waals surface area contributed by atoms with Gasteiger partial charge in [-0.2, -0.15) is 5.26 Å². The van der Waals surface area contributed by atoms with E-state index in [1.807, 2.05) is 19.9 Å². The lowest BCUT2D eigenvalue weighted by Gasteiger charge is -2.09. The Hall–Kier alpha value is -3.13. The van der Waals surface area contributed by atoms with Crippen LogP contribution in [0.25, 0.3) is 0 Å². The van der Waals surface area contributed by atoms with Crippen molar-refractivity contribution in [2.24, 2.45) is 0 Å². The van der Waals surface area contributed by atoms with Gasteiger partial charge < -0.3 is 10.4 Å². The molecule has 0 radical (unpaired) electrons. The third-order valence-corrected chi connectivity index (χ3v) is 2.61. The van der Waals surface area contributed by atoms with Crippen LogP contribution in [-0.4, -0.2) is 17.0 Å². The van der Waals surface area contributed by atoms with Crippen LogP contribution in [0.3, 0.4) is 0 Å². The average molecular weight is 312 g/mol. The van der Waals surface area contributed by atoms with Gasteiger partial charge in [0.05, 0.1) is 22.9 Å². The van der Waals surface area contributed by atoms with Crippen LogP contribution in [0, 0.1) is 11.3 Å². The second-order valence-corrected chi connectivity index (χ2v) is 3.97. The molecule has 0 unspecified atom stereocenters. The van der Waals surface area contributed by atoms with Crippen LogP contribution in [0.15, 0.2) is 54.7 Å². The maximum atomic E-state index is 12.1. The minimum absolute atomic E-state index is 0.134. The molecule has 0 bridgehead atoms. The summed E-state index contributed by atoms with van der Waals surface area (Å²) in [6, 6.07) is 5.90. The van der Waals surface area contributed by atoms with Gasteiger partial charge in [-0.3, -0.25) is 4.79 Å². The van der Waals surface area contributed by atoms with Crippen LogP contribution in [0.1, 0.15) is 36.7 Å². The van der Waals surface area contributed by atoms with E-state index in [4.69, 9.17) is 10.4 Å². The van der Waals surface area contributed by atoms with Gasteiger partial charge in [-0.05, 0) is 31.2 Å². The van der Waals surface area contributed by atoms with Crippen molar-refractivity contribution in [3.63, 3.8) is 0 Å². The molecule has 0 aliphatic heterocycles. The molecule has 0 saturated carbocycles. The molecule has 0 aliphatic rings. The highest BCUT2D eigenvalue weighted by molar-refractivity contribution is 6.08. The maximum absolute atomic E-state index is 12.1. The first-order chi connectivity index (χ1) is 11.0. The number of carbonyl (C=O) groups excluding carboxylic acids is 1. The molecule has 120 valence electrons. The first-order valence-electron chi connectivity index (χ1n) is 7.07. The largest absolute Gasteiger partial charge is 0.478 e. The minimum Gasteiger partial charge on any atom is -0.478 e. The molecule has 0 heterocycles. The number of nitrogens with zero attached hydrogens (tertiary/aromatic N) is 1. The fourth-order valence-corrected chi connectivity index (χ4v) is 1.57. The van der Waals surface area contributed by atoms with Gasteiger partial charge in [-0.1, -0.05) is 38.7 Å². The molecule has 1 amide bonds. The summed E-state index contributed by atoms with van der Waals surface area (Å²) in [5, 5.41) is 20.4. The van der Waals surface area contributed by atoms with Gasteiger partial charge in [-0.15, -0.1) is 0 Å². The van der Waals surface area contributed by atoms with E-state index in [-0.39, 0.29) is 16.8 Å². The predicted octanol–water partition coefficient (Wildman–Crippen LogP) is 3.91. The third kappa shape index (κ3) is 6.02. The summed E-state index contributed by atoms with van der Waals surface area (Å²) in [4.78, 5) is 23.2. The lowest BCUT2D eigenvalue weighted by atomic mass is 10.1. The fraction of sp³-hybridized carbons (Fsp3) is 0.167. The van der Waals surface area contributed by atoms with E-state index in [2.05, 4.69) is 11.9 Å². The van der Waals surface area contributed by atoms with Crippen molar-refractivity contribution in [3.05, 3.63) is 65.8 Å². The topological polar surface area (TPSA) is 90.2 Å². The molecule has 2 N–H and O–H groups in total. The van der Waals surface area contributed by atoms with E-state index in [9.17, 15) is 9.59 Å². The molecule has 23 heavy (non-hydrogen) atoms. The molecule has 1 aromatic rings. The SMILES string of the molecule is C=C/C=C\C(=C/C)C(=O)Nc1ccc(C#N)cc1C(=O)O.CC. The van der Waals surface area contributed by atoms with E-state index >= 15 is 0 Å². The summed E-state index contributed by atoms with van der Waals surface area (Å²) < 4.78 is 0. The fourth-order valence-electron chi connectivity index (χ4n) is 1.57. The zero-order chi connectivity index (χ0) is 17.8. The molecular weight excluding hydrogens is 292 g/mol. The van der Waals surface area contributed by atoms with Gasteiger partial charge in [0.2, 0.25) is 0 Å². The summed E-state index contributed by atoms with van der Waals surface area (Å²) in [5.74, 6) is -1.66. The smallest absolute Gasteiger partial charge is 0.337 e. The molecule has 0 aliphatic carbocycles. The Balaban J connectivity index is 0.00000232. The van der Waals surface area contributed by atoms with Crippen LogP contribution in [-0.2, 0) is 4.79 Å². The van der Waals surface area contributed by atoms with E-state index in [1.54, 1.807) is 25.2 Å². The second kappa shape index (κ2) is 10.6. The van der Waals surface area contributed by atoms with Gasteiger partial charge in [0.25, 0.3) is 5.91 Å². The zero-order valence-corrected chi connectivity index (χ0v) is 13.5. The first kappa shape index (κ1) is 19.9. The van der Waals surface area contributed by atoms with E-state index in [0.29, 0.717) is 5.57 Å². The Labute approximate surface area is 136 Å². The summed E-state index contributed by atoms with van der Waals surface area (Å²) >= 11 is 0. The molecule has 0 spiro atoms. The number of carboxylic acid groups (broad SMARTS) is 1. The molecule has 0 aromatic heterocycles. The van der Waals surface area contributed by atoms with Gasteiger partial charge in [0.15, 0.2) is 0 Å². The van der Waals surface area contributed by atoms with Gasteiger partial charge in [-0.25, -0.2) is 4.79 Å². The molecule has 0 atom stereocenters. The van der Waals surface area contributed by atoms with Crippen molar-refractivity contribution in [2.45, 2.75) is 20.8 Å². The molecule has 0 saturated heterocycles. The molecular formula is C18H20N2O3. The monoisotopic (exact) mass is 312 g/mol. The standard InChI is InChI=1S/C16H14N2O3.C2H6/c1-3-5-6-12(4-2)15(19)18-14-8-7-11(10-17)9-13(14)16(20)21;1-2/h3-9H,1H2,2H3,(H,18,19)(H,20,21);1-2H3/b6-5-,12-4+;. The number of nitrogens with one attached hydrogen (secondary N) is 1. The van der Waals surface area contributed by atoms with Gasteiger partial charge in [0.1, 0.15) is 0 Å². The van der Waals surface area contributed by atoms with Crippen molar-refractivity contribution < 1.29 is 14.7 Å². The number of allylic oxidation sites excluding steroid dienone is 3. The van der Waals surface area contributed by atoms with Gasteiger partial charge >= 0.3 is 5.97 Å². The van der Waals surface area contributed by atoms with E-state index in [1.165, 1.54) is 24.3 Å². The maximum Gasteiger partial charge on any atom is 0.337 e. The normalized spacial score (nSPS) is 10.3. The van der Waals surface area contributed by atoms with Crippen LogP contribution in [0.4, 0.5) is 5.69 Å². The van der Waals surface area contributed by atoms with Crippen LogP contribution >= 0.6 is 0 Å². The Morgan fingerprint density at radius 1 is 1.35 bits per heavy atom. The van der Waals surface area contributed by atoms with Crippen LogP contribution in [0.2, 0.25) is 0 Å². The number of aromatic carboxylic acids is 1. The zero-order valence-electron chi connectivity index (χ0n) is 13.5. The van der Waals surface area contributed by atoms with Gasteiger partial charge in [0, 0.05) is 5.57 Å². The summed E-state index contributed by atoms with van der Waals surface area (Å²) in [6.45, 7) is 9.21. The number of carbonyl (C=O) groups is 2. The lowest BCUT2D eigenvalue weighted by Crippen LogP contribution is -2.16. The number of hydrogen-bond donors (Lipinski definition) is 2. The summed E-state index contributed by atoms with van der Waals surface area (Å²) in [7, 11) is 0. The average Bonchev–Trinajstić information content (AvgIpc) is 2.57. The highest BCUT2D eigenvalue weighted by atomic mass is 16.4. The lowest BCUT2D eigenvalue weighted by molar-refractivity contribution is -0.112. The Morgan fingerprint density at radius 2 is 2.00 bits per heavy atom. The van der Waals surface area contributed by atoms with Crippen molar-refractivity contribution in [3.8, 4) is 6.07 Å². The number of benzene rings is 1. The predicted molar refractivity (Wildman–Crippen MR) is 91.2 cm³/mol. The highest BCUT2D eigenvalue weighted by Gasteiger charge is 2.14. The summed E-state index contributed by atoms with van der Waals surface area (Å²) in [6.07, 6.45) is 6.29. The van der Waals surface area contributed by atoms with Crippen molar-refractivity contribution in [1.29, 1.82) is 5.26 Å². The first-order valence-corrected chi connectivity index (χ1v) is 7.07. The van der Waals surface area contributed by atoms with Crippen LogP contribution in [0.5, 0.6) is 0 Å². The van der Waals surface area contributed by atoms with Crippen LogP contribution < -0.4 is 5.32 Å². The number of amides is 1. The van der Waals surface area contributed by atoms with E-state index in [0.717, 1.165) is 0 Å². The number of rotatable bonds is 5. The van der Waals surface area contributed by atoms with Crippen molar-refractivity contribution in [1.82, 2.24) is 0 Å². The molecule has 5 nitrogen and oxygen atoms in total. The summed E-state index contributed by atoms with van der Waals surface area (Å²) in [5.41, 5.74) is 0.585. The minimum atomic E-state index is -1.22. The third-order valence-electron chi connectivity index (χ3n) is 2.61. The molecule has 5 heteroatoms. The highest BCUT2D eigenvalue weighted by Crippen LogP contribution is 2.18. The Kier molecular flexibility index (Phi) is 9.14. The van der Waals surface area contributed by atoms with E-state index < -0.39 is 11.9 Å². The molecule has 1 aromatic carbocycles. The molecule has 1 rings (SSSR count). The van der Waals surface area contributed by atoms with Crippen molar-refractivity contribution in [2.75, 3.05) is 5.32 Å². The van der Waals surface area contributed by atoms with Crippen molar-refractivity contribution >= 4 is 17.6 Å². The quantitative estimate of drug-likeness (QED) is 0.637.